The molecular weight excluding hydrogens is 196 g/mol. The summed E-state index contributed by atoms with van der Waals surface area (Å²) in [4.78, 5) is 21.9. The Morgan fingerprint density at radius 3 is 1.36 bits per heavy atom. The molecule has 0 aliphatic rings. The molecule has 0 aromatic rings. The molecule has 0 saturated carbocycles. The predicted octanol–water partition coefficient (Wildman–Crippen LogP) is 0.682. The Labute approximate surface area is 99.8 Å². The minimum Gasteiger partial charge on any atom is -0.480 e. The summed E-state index contributed by atoms with van der Waals surface area (Å²) in [5.41, 5.74) is -2.48. The molecule has 0 aliphatic carbocycles. The zero-order chi connectivity index (χ0) is 10.9. The smallest absolute Gasteiger partial charge is 0.321 e. The molecule has 2 N–H and O–H groups in total. The highest BCUT2D eigenvalue weighted by Crippen LogP contribution is 2.42. The minimum absolute atomic E-state index is 0. The molecule has 0 fully saturated rings. The van der Waals surface area contributed by atoms with Crippen LogP contribution in [-0.2, 0) is 9.59 Å². The third-order valence-electron chi connectivity index (χ3n) is 2.54. The number of hydrogen-bond donors (Lipinski definition) is 2. The van der Waals surface area contributed by atoms with Crippen molar-refractivity contribution in [2.75, 3.05) is 0 Å². The number of aliphatic carboxylic acids is 2. The van der Waals surface area contributed by atoms with Gasteiger partial charge in [0.05, 0.1) is 0 Å². The lowest BCUT2D eigenvalue weighted by atomic mass is 9.65. The molecule has 0 aliphatic heterocycles. The maximum absolute atomic E-state index is 11.0. The molecule has 0 bridgehead atoms. The van der Waals surface area contributed by atoms with Gasteiger partial charge >= 0.3 is 35.0 Å². The lowest BCUT2D eigenvalue weighted by Gasteiger charge is -2.36. The van der Waals surface area contributed by atoms with Gasteiger partial charge in [-0.1, -0.05) is 27.7 Å². The molecule has 14 heavy (non-hydrogen) atoms. The molecule has 0 saturated heterocycles. The van der Waals surface area contributed by atoms with Crippen LogP contribution in [0, 0.1) is 10.8 Å². The van der Waals surface area contributed by atoms with Crippen molar-refractivity contribution in [1.29, 1.82) is 0 Å². The molecular formula is C9H18MgO4. The first kappa shape index (κ1) is 16.1. The minimum atomic E-state index is -1.69. The molecule has 0 unspecified atom stereocenters. The first-order chi connectivity index (χ1) is 5.70. The summed E-state index contributed by atoms with van der Waals surface area (Å²) in [6.45, 7) is 6.45. The van der Waals surface area contributed by atoms with E-state index in [0.717, 1.165) is 0 Å². The van der Waals surface area contributed by atoms with E-state index in [1.54, 1.807) is 27.7 Å². The number of carboxylic acids is 2. The fraction of sp³-hybridized carbons (Fsp3) is 0.778. The van der Waals surface area contributed by atoms with Crippen LogP contribution in [-0.4, -0.2) is 45.2 Å². The highest BCUT2D eigenvalue weighted by atomic mass is 24.3. The molecule has 0 rings (SSSR count). The average molecular weight is 215 g/mol. The molecule has 0 atom stereocenters. The van der Waals surface area contributed by atoms with Gasteiger partial charge in [-0.15, -0.1) is 0 Å². The van der Waals surface area contributed by atoms with E-state index in [1.165, 1.54) is 0 Å². The standard InChI is InChI=1S/C9H16O4.Mg.2H/c1-5-9(6(10)11,7(12)13)8(2,3)4;;;/h5H2,1-4H3,(H,10,11)(H,12,13);;;. The zero-order valence-corrected chi connectivity index (χ0v) is 8.42. The van der Waals surface area contributed by atoms with Crippen LogP contribution in [0.5, 0.6) is 0 Å². The van der Waals surface area contributed by atoms with Crippen LogP contribution in [0.25, 0.3) is 0 Å². The number of carbonyl (C=O) groups is 2. The molecule has 5 heteroatoms. The maximum Gasteiger partial charge on any atom is 0.321 e. The Morgan fingerprint density at radius 1 is 1.07 bits per heavy atom. The van der Waals surface area contributed by atoms with Crippen molar-refractivity contribution in [1.82, 2.24) is 0 Å². The molecule has 0 amide bonds. The Balaban J connectivity index is 0. The Hall–Kier alpha value is -0.294. The van der Waals surface area contributed by atoms with Gasteiger partial charge in [-0.25, -0.2) is 0 Å². The summed E-state index contributed by atoms with van der Waals surface area (Å²) < 4.78 is 0. The SMILES string of the molecule is CCC(C(=O)O)(C(=O)O)C(C)(C)C.[MgH2]. The van der Waals surface area contributed by atoms with E-state index >= 15 is 0 Å². The van der Waals surface area contributed by atoms with Gasteiger partial charge in [-0.3, -0.25) is 9.59 Å². The zero-order valence-electron chi connectivity index (χ0n) is 8.42. The fourth-order valence-electron chi connectivity index (χ4n) is 1.57. The summed E-state index contributed by atoms with van der Waals surface area (Å²) in [7, 11) is 0. The van der Waals surface area contributed by atoms with E-state index in [4.69, 9.17) is 10.2 Å². The van der Waals surface area contributed by atoms with E-state index in [9.17, 15) is 9.59 Å². The van der Waals surface area contributed by atoms with Gasteiger partial charge < -0.3 is 10.2 Å². The summed E-state index contributed by atoms with van der Waals surface area (Å²) >= 11 is 0. The van der Waals surface area contributed by atoms with Crippen molar-refractivity contribution in [2.45, 2.75) is 34.1 Å². The third kappa shape index (κ3) is 2.39. The van der Waals surface area contributed by atoms with E-state index in [1.807, 2.05) is 0 Å². The summed E-state index contributed by atoms with van der Waals surface area (Å²) in [6, 6.07) is 0. The molecule has 0 aromatic carbocycles. The number of rotatable bonds is 3. The Morgan fingerprint density at radius 2 is 1.36 bits per heavy atom. The quantitative estimate of drug-likeness (QED) is 0.535. The second kappa shape index (κ2) is 4.98. The van der Waals surface area contributed by atoms with E-state index in [0.29, 0.717) is 0 Å². The highest BCUT2D eigenvalue weighted by Gasteiger charge is 2.54. The largest absolute Gasteiger partial charge is 0.480 e. The predicted molar refractivity (Wildman–Crippen MR) is 56.0 cm³/mol. The first-order valence-electron chi connectivity index (χ1n) is 4.17. The van der Waals surface area contributed by atoms with Crippen LogP contribution in [0.15, 0.2) is 0 Å². The van der Waals surface area contributed by atoms with Crippen LogP contribution in [0.2, 0.25) is 0 Å². The molecule has 4 nitrogen and oxygen atoms in total. The lowest BCUT2D eigenvalue weighted by Crippen LogP contribution is -2.49. The van der Waals surface area contributed by atoms with Gasteiger partial charge in [0, 0.05) is 0 Å². The van der Waals surface area contributed by atoms with Crippen molar-refractivity contribution in [3.05, 3.63) is 0 Å². The first-order valence-corrected chi connectivity index (χ1v) is 4.17. The van der Waals surface area contributed by atoms with E-state index in [2.05, 4.69) is 0 Å². The topological polar surface area (TPSA) is 74.6 Å². The highest BCUT2D eigenvalue weighted by molar-refractivity contribution is 5.99. The second-order valence-electron chi connectivity index (χ2n) is 4.12. The van der Waals surface area contributed by atoms with Gasteiger partial charge in [-0.05, 0) is 11.8 Å². The maximum atomic E-state index is 11.0. The van der Waals surface area contributed by atoms with Crippen LogP contribution in [0.1, 0.15) is 34.1 Å². The van der Waals surface area contributed by atoms with Crippen molar-refractivity contribution in [3.63, 3.8) is 0 Å². The Bertz CT molecular complexity index is 215. The molecule has 0 aromatic heterocycles. The second-order valence-corrected chi connectivity index (χ2v) is 4.12. The van der Waals surface area contributed by atoms with Gasteiger partial charge in [0.2, 0.25) is 0 Å². The summed E-state index contributed by atoms with van der Waals surface area (Å²) in [5, 5.41) is 17.9. The average Bonchev–Trinajstić information content (AvgIpc) is 1.83. The van der Waals surface area contributed by atoms with Crippen molar-refractivity contribution >= 4 is 35.0 Å². The van der Waals surface area contributed by atoms with Crippen LogP contribution >= 0.6 is 0 Å². The monoisotopic (exact) mass is 214 g/mol. The molecule has 80 valence electrons. The van der Waals surface area contributed by atoms with Crippen LogP contribution < -0.4 is 0 Å². The lowest BCUT2D eigenvalue weighted by molar-refractivity contribution is -0.174. The van der Waals surface area contributed by atoms with Crippen LogP contribution in [0.3, 0.4) is 0 Å². The van der Waals surface area contributed by atoms with Crippen molar-refractivity contribution in [3.8, 4) is 0 Å². The molecule has 0 heterocycles. The summed E-state index contributed by atoms with van der Waals surface area (Å²) in [6.07, 6.45) is 0.0845. The van der Waals surface area contributed by atoms with Crippen LogP contribution in [0.4, 0.5) is 0 Å². The molecule has 0 radical (unpaired) electrons. The molecule has 0 spiro atoms. The van der Waals surface area contributed by atoms with Crippen molar-refractivity contribution < 1.29 is 19.8 Å². The van der Waals surface area contributed by atoms with Gasteiger partial charge in [0.1, 0.15) is 0 Å². The summed E-state index contributed by atoms with van der Waals surface area (Å²) in [5.74, 6) is -2.54. The fourth-order valence-corrected chi connectivity index (χ4v) is 1.57. The van der Waals surface area contributed by atoms with E-state index < -0.39 is 22.8 Å². The Kier molecular flexibility index (Phi) is 5.74. The number of hydrogen-bond acceptors (Lipinski definition) is 2. The van der Waals surface area contributed by atoms with Crippen molar-refractivity contribution in [2.24, 2.45) is 10.8 Å². The third-order valence-corrected chi connectivity index (χ3v) is 2.54. The van der Waals surface area contributed by atoms with Gasteiger partial charge in [0.15, 0.2) is 5.41 Å². The number of carboxylic acid groups (broad SMARTS) is 2. The van der Waals surface area contributed by atoms with E-state index in [-0.39, 0.29) is 29.5 Å². The van der Waals surface area contributed by atoms with Gasteiger partial charge in [0.25, 0.3) is 0 Å². The van der Waals surface area contributed by atoms with Gasteiger partial charge in [-0.2, -0.15) is 0 Å². The normalized spacial score (nSPS) is 11.7.